The molecule has 0 aliphatic carbocycles. The second-order valence-corrected chi connectivity index (χ2v) is 2.53. The maximum Gasteiger partial charge on any atom is 0.245 e. The van der Waals surface area contributed by atoms with Gasteiger partial charge in [0.1, 0.15) is 6.17 Å². The minimum absolute atomic E-state index is 0. The first kappa shape index (κ1) is 15.3. The van der Waals surface area contributed by atoms with Gasteiger partial charge in [-0.05, 0) is 19.4 Å². The van der Waals surface area contributed by atoms with Crippen LogP contribution in [-0.2, 0) is 4.79 Å². The number of carbonyl (C=O) groups excluding carboxylic acids is 1. The van der Waals surface area contributed by atoms with Crippen LogP contribution in [0.3, 0.4) is 0 Å². The second kappa shape index (κ2) is 8.37. The monoisotopic (exact) mass is 220 g/mol. The molecule has 1 atom stereocenters. The molecular weight excluding hydrogens is 204 g/mol. The fourth-order valence-electron chi connectivity index (χ4n) is 0.799. The molecule has 0 bridgehead atoms. The Morgan fingerprint density at radius 3 is 2.50 bits per heavy atom. The quantitative estimate of drug-likeness (QED) is 0.238. The third-order valence-corrected chi connectivity index (χ3v) is 1.37. The van der Waals surface area contributed by atoms with Gasteiger partial charge in [-0.2, -0.15) is 0 Å². The maximum atomic E-state index is 11.0. The van der Waals surface area contributed by atoms with E-state index in [0.29, 0.717) is 6.42 Å². The molecule has 0 aromatic heterocycles. The van der Waals surface area contributed by atoms with Gasteiger partial charge in [-0.1, -0.05) is 13.0 Å². The minimum atomic E-state index is -0.277. The van der Waals surface area contributed by atoms with Crippen LogP contribution < -0.4 is 16.4 Å². The van der Waals surface area contributed by atoms with Crippen LogP contribution in [-0.4, -0.2) is 18.0 Å². The predicted octanol–water partition coefficient (Wildman–Crippen LogP) is 0.320. The van der Waals surface area contributed by atoms with Crippen molar-refractivity contribution in [1.29, 1.82) is 5.41 Å². The zero-order valence-corrected chi connectivity index (χ0v) is 9.15. The molecule has 0 heterocycles. The lowest BCUT2D eigenvalue weighted by atomic mass is 10.3. The van der Waals surface area contributed by atoms with Crippen molar-refractivity contribution in [1.82, 2.24) is 10.6 Å². The van der Waals surface area contributed by atoms with E-state index < -0.39 is 0 Å². The summed E-state index contributed by atoms with van der Waals surface area (Å²) < 4.78 is 0. The van der Waals surface area contributed by atoms with Crippen LogP contribution in [0.4, 0.5) is 0 Å². The topological polar surface area (TPSA) is 91.0 Å². The molecule has 6 heteroatoms. The summed E-state index contributed by atoms with van der Waals surface area (Å²) >= 11 is 0. The first-order chi connectivity index (χ1) is 6.10. The molecule has 1 unspecified atom stereocenters. The van der Waals surface area contributed by atoms with E-state index in [1.165, 1.54) is 6.08 Å². The maximum absolute atomic E-state index is 11.0. The molecule has 82 valence electrons. The number of rotatable bonds is 4. The number of hydrogen-bond donors (Lipinski definition) is 4. The molecular formula is C8H17ClN4O. The number of carbonyl (C=O) groups is 1. The molecule has 5 N–H and O–H groups in total. The summed E-state index contributed by atoms with van der Waals surface area (Å²) in [4.78, 5) is 11.0. The van der Waals surface area contributed by atoms with Crippen LogP contribution >= 0.6 is 12.4 Å². The summed E-state index contributed by atoms with van der Waals surface area (Å²) in [5.41, 5.74) is 5.12. The average molecular weight is 221 g/mol. The Labute approximate surface area is 90.0 Å². The van der Waals surface area contributed by atoms with Crippen molar-refractivity contribution >= 4 is 24.3 Å². The summed E-state index contributed by atoms with van der Waals surface area (Å²) in [5, 5.41) is 12.2. The molecule has 0 aromatic rings. The lowest BCUT2D eigenvalue weighted by Gasteiger charge is -2.17. The summed E-state index contributed by atoms with van der Waals surface area (Å²) in [6.45, 7) is 3.65. The van der Waals surface area contributed by atoms with Crippen LogP contribution in [0, 0.1) is 5.41 Å². The van der Waals surface area contributed by atoms with E-state index in [1.807, 2.05) is 6.92 Å². The van der Waals surface area contributed by atoms with Crippen LogP contribution in [0.15, 0.2) is 12.2 Å². The number of guanidine groups is 1. The van der Waals surface area contributed by atoms with Crippen molar-refractivity contribution in [3.8, 4) is 0 Å². The number of nitrogens with one attached hydrogen (secondary N) is 3. The van der Waals surface area contributed by atoms with Crippen LogP contribution in [0.5, 0.6) is 0 Å². The fourth-order valence-corrected chi connectivity index (χ4v) is 0.799. The van der Waals surface area contributed by atoms with Gasteiger partial charge in [0, 0.05) is 0 Å². The Balaban J connectivity index is 0. The number of nitrogens with two attached hydrogens (primary N) is 1. The zero-order chi connectivity index (χ0) is 10.3. The highest BCUT2D eigenvalue weighted by Gasteiger charge is 2.06. The molecule has 1 amide bonds. The standard InChI is InChI=1S/C8H16N4O.ClH/c1-3-5-7(13)11-6(4-2)12-8(9)10;/h3,5-6H,4H2,1-2H3,(H,11,13)(H4,9,10,12);1H. The Morgan fingerprint density at radius 2 is 2.14 bits per heavy atom. The Kier molecular flexibility index (Phi) is 9.12. The molecule has 0 radical (unpaired) electrons. The van der Waals surface area contributed by atoms with Gasteiger partial charge in [-0.15, -0.1) is 12.4 Å². The third kappa shape index (κ3) is 7.42. The van der Waals surface area contributed by atoms with Crippen molar-refractivity contribution in [3.63, 3.8) is 0 Å². The predicted molar refractivity (Wildman–Crippen MR) is 59.3 cm³/mol. The second-order valence-electron chi connectivity index (χ2n) is 2.53. The van der Waals surface area contributed by atoms with Crippen molar-refractivity contribution in [2.45, 2.75) is 26.4 Å². The lowest BCUT2D eigenvalue weighted by Crippen LogP contribution is -2.49. The normalized spacial score (nSPS) is 11.6. The van der Waals surface area contributed by atoms with E-state index in [4.69, 9.17) is 11.1 Å². The third-order valence-electron chi connectivity index (χ3n) is 1.37. The Morgan fingerprint density at radius 1 is 1.57 bits per heavy atom. The zero-order valence-electron chi connectivity index (χ0n) is 8.33. The van der Waals surface area contributed by atoms with Gasteiger partial charge < -0.3 is 16.4 Å². The van der Waals surface area contributed by atoms with E-state index >= 15 is 0 Å². The van der Waals surface area contributed by atoms with Crippen LogP contribution in [0.1, 0.15) is 20.3 Å². The first-order valence-electron chi connectivity index (χ1n) is 4.13. The van der Waals surface area contributed by atoms with Crippen LogP contribution in [0.2, 0.25) is 0 Å². The molecule has 0 aliphatic rings. The highest BCUT2D eigenvalue weighted by Crippen LogP contribution is 1.85. The number of amides is 1. The minimum Gasteiger partial charge on any atom is -0.370 e. The Bertz CT molecular complexity index is 217. The molecule has 5 nitrogen and oxygen atoms in total. The van der Waals surface area contributed by atoms with Gasteiger partial charge in [-0.3, -0.25) is 10.2 Å². The number of hydrogen-bond acceptors (Lipinski definition) is 2. The van der Waals surface area contributed by atoms with Gasteiger partial charge in [0.25, 0.3) is 0 Å². The molecule has 0 rings (SSSR count). The average Bonchev–Trinajstić information content (AvgIpc) is 2.02. The summed E-state index contributed by atoms with van der Waals surface area (Å²) in [7, 11) is 0. The van der Waals surface area contributed by atoms with E-state index in [2.05, 4.69) is 10.6 Å². The van der Waals surface area contributed by atoms with E-state index in [0.717, 1.165) is 0 Å². The highest BCUT2D eigenvalue weighted by atomic mass is 35.5. The molecule has 0 fully saturated rings. The van der Waals surface area contributed by atoms with E-state index in [9.17, 15) is 4.79 Å². The molecule has 14 heavy (non-hydrogen) atoms. The summed E-state index contributed by atoms with van der Waals surface area (Å²) in [5.74, 6) is -0.337. The van der Waals surface area contributed by atoms with Gasteiger partial charge in [0.2, 0.25) is 5.91 Å². The first-order valence-corrected chi connectivity index (χ1v) is 4.13. The molecule has 0 spiro atoms. The summed E-state index contributed by atoms with van der Waals surface area (Å²) in [6.07, 6.45) is 3.46. The largest absolute Gasteiger partial charge is 0.370 e. The smallest absolute Gasteiger partial charge is 0.245 e. The van der Waals surface area contributed by atoms with Gasteiger partial charge in [0.15, 0.2) is 5.96 Å². The SMILES string of the molecule is CC=CC(=O)NC(CC)NC(=N)N.Cl. The molecule has 0 saturated heterocycles. The molecule has 0 aromatic carbocycles. The van der Waals surface area contributed by atoms with Crippen molar-refractivity contribution < 1.29 is 4.79 Å². The van der Waals surface area contributed by atoms with E-state index in [-0.39, 0.29) is 30.4 Å². The van der Waals surface area contributed by atoms with Crippen molar-refractivity contribution in [2.75, 3.05) is 0 Å². The highest BCUT2D eigenvalue weighted by molar-refractivity contribution is 5.88. The van der Waals surface area contributed by atoms with Gasteiger partial charge in [0.05, 0.1) is 0 Å². The molecule has 0 aliphatic heterocycles. The van der Waals surface area contributed by atoms with Gasteiger partial charge >= 0.3 is 0 Å². The van der Waals surface area contributed by atoms with E-state index in [1.54, 1.807) is 13.0 Å². The van der Waals surface area contributed by atoms with Crippen LogP contribution in [0.25, 0.3) is 0 Å². The van der Waals surface area contributed by atoms with Gasteiger partial charge in [-0.25, -0.2) is 0 Å². The Hall–Kier alpha value is -1.23. The fraction of sp³-hybridized carbons (Fsp3) is 0.500. The van der Waals surface area contributed by atoms with Crippen molar-refractivity contribution in [2.24, 2.45) is 5.73 Å². The molecule has 0 saturated carbocycles. The number of halogens is 1. The number of allylic oxidation sites excluding steroid dienone is 1. The van der Waals surface area contributed by atoms with Crippen molar-refractivity contribution in [3.05, 3.63) is 12.2 Å². The summed E-state index contributed by atoms with van der Waals surface area (Å²) in [6, 6.07) is 0. The lowest BCUT2D eigenvalue weighted by molar-refractivity contribution is -0.117.